The van der Waals surface area contributed by atoms with Gasteiger partial charge in [-0.3, -0.25) is 14.9 Å². The van der Waals surface area contributed by atoms with Gasteiger partial charge in [0.1, 0.15) is 11.4 Å². The van der Waals surface area contributed by atoms with Crippen molar-refractivity contribution in [3.63, 3.8) is 0 Å². The van der Waals surface area contributed by atoms with Gasteiger partial charge in [-0.1, -0.05) is 0 Å². The minimum absolute atomic E-state index is 0.0224. The van der Waals surface area contributed by atoms with E-state index in [1.54, 1.807) is 20.8 Å². The van der Waals surface area contributed by atoms with Crippen LogP contribution in [-0.4, -0.2) is 39.0 Å². The van der Waals surface area contributed by atoms with E-state index >= 15 is 0 Å². The summed E-state index contributed by atoms with van der Waals surface area (Å²) in [6, 6.07) is 3.64. The van der Waals surface area contributed by atoms with E-state index in [9.17, 15) is 24.6 Å². The molecular weight excluding hydrogens is 306 g/mol. The number of carboxylic acid groups (broad SMARTS) is 2. The van der Waals surface area contributed by atoms with Crippen LogP contribution in [0, 0.1) is 0 Å². The maximum atomic E-state index is 11.8. The minimum atomic E-state index is -1.43. The Balaban J connectivity index is 3.16. The number of aromatic hydroxyl groups is 1. The van der Waals surface area contributed by atoms with Crippen molar-refractivity contribution in [2.75, 3.05) is 5.32 Å². The Morgan fingerprint density at radius 1 is 1.22 bits per heavy atom. The zero-order valence-electron chi connectivity index (χ0n) is 13.0. The molecule has 0 saturated carbocycles. The molecule has 0 radical (unpaired) electrons. The second-order valence-corrected chi connectivity index (χ2v) is 5.89. The lowest BCUT2D eigenvalue weighted by atomic mass is 9.94. The lowest BCUT2D eigenvalue weighted by Gasteiger charge is -2.21. The van der Waals surface area contributed by atoms with Gasteiger partial charge in [0.15, 0.2) is 0 Å². The summed E-state index contributed by atoms with van der Waals surface area (Å²) in [5.74, 6) is -4.37. The highest BCUT2D eigenvalue weighted by Gasteiger charge is 2.27. The third-order valence-electron chi connectivity index (χ3n) is 2.72. The van der Waals surface area contributed by atoms with E-state index in [1.807, 2.05) is 0 Å². The summed E-state index contributed by atoms with van der Waals surface area (Å²) >= 11 is 0. The number of benzene rings is 1. The number of carbonyl (C=O) groups is 3. The Morgan fingerprint density at radius 3 is 2.30 bits per heavy atom. The first kappa shape index (κ1) is 18.3. The van der Waals surface area contributed by atoms with Gasteiger partial charge in [0.2, 0.25) is 0 Å². The molecule has 1 aromatic carbocycles. The fraction of sp³-hybridized carbons (Fsp3) is 0.400. The molecule has 1 rings (SSSR count). The monoisotopic (exact) mass is 325 g/mol. The summed E-state index contributed by atoms with van der Waals surface area (Å²) in [6.45, 7) is 4.98. The van der Waals surface area contributed by atoms with Crippen LogP contribution < -0.4 is 5.32 Å². The lowest BCUT2D eigenvalue weighted by Crippen LogP contribution is -2.28. The number of carboxylic acids is 2. The maximum Gasteiger partial charge on any atom is 0.412 e. The highest BCUT2D eigenvalue weighted by molar-refractivity contribution is 5.90. The number of anilines is 1. The summed E-state index contributed by atoms with van der Waals surface area (Å²) < 4.78 is 5.07. The number of amides is 1. The Kier molecular flexibility index (Phi) is 5.56. The van der Waals surface area contributed by atoms with Crippen LogP contribution in [0.3, 0.4) is 0 Å². The van der Waals surface area contributed by atoms with Crippen molar-refractivity contribution in [3.05, 3.63) is 23.8 Å². The molecule has 0 spiro atoms. The first-order valence-electron chi connectivity index (χ1n) is 6.77. The van der Waals surface area contributed by atoms with Crippen LogP contribution in [0.1, 0.15) is 38.7 Å². The standard InChI is InChI=1S/C15H19NO7/c1-15(2,3)23-14(22)16-11-5-4-8(17)6-9(11)10(13(20)21)7-12(18)19/h4-6,10,17H,7H2,1-3H3,(H,16,22)(H,18,19)(H,20,21). The predicted octanol–water partition coefficient (Wildman–Crippen LogP) is 2.38. The molecular formula is C15H19NO7. The molecule has 0 aliphatic carbocycles. The number of ether oxygens (including phenoxy) is 1. The van der Waals surface area contributed by atoms with Crippen LogP contribution in [0.5, 0.6) is 5.75 Å². The van der Waals surface area contributed by atoms with Crippen molar-refractivity contribution < 1.29 is 34.4 Å². The number of carbonyl (C=O) groups excluding carboxylic acids is 1. The summed E-state index contributed by atoms with van der Waals surface area (Å²) in [6.07, 6.45) is -1.51. The van der Waals surface area contributed by atoms with Crippen molar-refractivity contribution in [3.8, 4) is 5.75 Å². The predicted molar refractivity (Wildman–Crippen MR) is 80.6 cm³/mol. The average Bonchev–Trinajstić information content (AvgIpc) is 2.35. The molecule has 0 aromatic heterocycles. The molecule has 0 aliphatic heterocycles. The lowest BCUT2D eigenvalue weighted by molar-refractivity contribution is -0.145. The normalized spacial score (nSPS) is 12.3. The van der Waals surface area contributed by atoms with Crippen molar-refractivity contribution in [2.45, 2.75) is 38.7 Å². The molecule has 1 amide bonds. The number of hydrogen-bond acceptors (Lipinski definition) is 5. The summed E-state index contributed by atoms with van der Waals surface area (Å²) in [4.78, 5) is 34.0. The van der Waals surface area contributed by atoms with Gasteiger partial charge in [-0.25, -0.2) is 4.79 Å². The highest BCUT2D eigenvalue weighted by Crippen LogP contribution is 2.31. The van der Waals surface area contributed by atoms with E-state index in [1.165, 1.54) is 12.1 Å². The second-order valence-electron chi connectivity index (χ2n) is 5.89. The maximum absolute atomic E-state index is 11.8. The van der Waals surface area contributed by atoms with Gasteiger partial charge >= 0.3 is 18.0 Å². The quantitative estimate of drug-likeness (QED) is 0.611. The van der Waals surface area contributed by atoms with Gasteiger partial charge in [-0.05, 0) is 44.5 Å². The van der Waals surface area contributed by atoms with E-state index in [0.29, 0.717) is 0 Å². The Hall–Kier alpha value is -2.77. The number of phenolic OH excluding ortho intramolecular Hbond substituents is 1. The van der Waals surface area contributed by atoms with Crippen LogP contribution in [-0.2, 0) is 14.3 Å². The van der Waals surface area contributed by atoms with Crippen molar-refractivity contribution in [1.82, 2.24) is 0 Å². The van der Waals surface area contributed by atoms with Crippen LogP contribution in [0.4, 0.5) is 10.5 Å². The molecule has 0 aliphatic rings. The number of phenols is 1. The number of nitrogens with one attached hydrogen (secondary N) is 1. The van der Waals surface area contributed by atoms with E-state index in [0.717, 1.165) is 6.07 Å². The van der Waals surface area contributed by atoms with E-state index in [-0.39, 0.29) is 17.0 Å². The fourth-order valence-electron chi connectivity index (χ4n) is 1.87. The SMILES string of the molecule is CC(C)(C)OC(=O)Nc1ccc(O)cc1C(CC(=O)O)C(=O)O. The summed E-state index contributed by atoms with van der Waals surface area (Å²) in [5.41, 5.74) is -0.717. The largest absolute Gasteiger partial charge is 0.508 e. The van der Waals surface area contributed by atoms with E-state index in [2.05, 4.69) is 5.32 Å². The van der Waals surface area contributed by atoms with Crippen LogP contribution in [0.2, 0.25) is 0 Å². The molecule has 0 bridgehead atoms. The molecule has 126 valence electrons. The second kappa shape index (κ2) is 6.99. The van der Waals surface area contributed by atoms with Crippen molar-refractivity contribution >= 4 is 23.7 Å². The highest BCUT2D eigenvalue weighted by atomic mass is 16.6. The molecule has 0 saturated heterocycles. The minimum Gasteiger partial charge on any atom is -0.508 e. The van der Waals surface area contributed by atoms with Gasteiger partial charge in [0.05, 0.1) is 12.3 Å². The molecule has 8 nitrogen and oxygen atoms in total. The van der Waals surface area contributed by atoms with E-state index < -0.39 is 36.0 Å². The van der Waals surface area contributed by atoms with Crippen molar-refractivity contribution in [2.24, 2.45) is 0 Å². The Bertz CT molecular complexity index is 619. The van der Waals surface area contributed by atoms with Gasteiger partial charge in [0, 0.05) is 5.69 Å². The average molecular weight is 325 g/mol. The van der Waals surface area contributed by atoms with Gasteiger partial charge in [-0.15, -0.1) is 0 Å². The molecule has 1 aromatic rings. The number of aliphatic carboxylic acids is 2. The van der Waals surface area contributed by atoms with Crippen LogP contribution >= 0.6 is 0 Å². The molecule has 4 N–H and O–H groups in total. The molecule has 1 atom stereocenters. The zero-order chi connectivity index (χ0) is 17.8. The summed E-state index contributed by atoms with van der Waals surface area (Å²) in [5, 5.41) is 30.0. The fourth-order valence-corrected chi connectivity index (χ4v) is 1.87. The molecule has 0 fully saturated rings. The van der Waals surface area contributed by atoms with Gasteiger partial charge in [0.25, 0.3) is 0 Å². The molecule has 1 unspecified atom stereocenters. The van der Waals surface area contributed by atoms with Crippen LogP contribution in [0.15, 0.2) is 18.2 Å². The molecule has 8 heteroatoms. The summed E-state index contributed by atoms with van der Waals surface area (Å²) in [7, 11) is 0. The first-order chi connectivity index (χ1) is 10.5. The molecule has 23 heavy (non-hydrogen) atoms. The van der Waals surface area contributed by atoms with E-state index in [4.69, 9.17) is 9.84 Å². The van der Waals surface area contributed by atoms with Crippen molar-refractivity contribution in [1.29, 1.82) is 0 Å². The molecule has 0 heterocycles. The van der Waals surface area contributed by atoms with Gasteiger partial charge in [-0.2, -0.15) is 0 Å². The third-order valence-corrected chi connectivity index (χ3v) is 2.72. The Morgan fingerprint density at radius 2 is 1.83 bits per heavy atom. The topological polar surface area (TPSA) is 133 Å². The van der Waals surface area contributed by atoms with Gasteiger partial charge < -0.3 is 20.1 Å². The third kappa shape index (κ3) is 5.85. The smallest absolute Gasteiger partial charge is 0.412 e. The zero-order valence-corrected chi connectivity index (χ0v) is 13.0. The number of hydrogen-bond donors (Lipinski definition) is 4. The van der Waals surface area contributed by atoms with Crippen LogP contribution in [0.25, 0.3) is 0 Å². The Labute approximate surface area is 132 Å². The first-order valence-corrected chi connectivity index (χ1v) is 6.77. The number of rotatable bonds is 5.